The third kappa shape index (κ3) is 3.32. The summed E-state index contributed by atoms with van der Waals surface area (Å²) in [5, 5.41) is 0. The zero-order chi connectivity index (χ0) is 16.4. The highest BCUT2D eigenvalue weighted by Gasteiger charge is 2.24. The van der Waals surface area contributed by atoms with Crippen LogP contribution in [0, 0.1) is 5.82 Å². The summed E-state index contributed by atoms with van der Waals surface area (Å²) in [6, 6.07) is 11.1. The third-order valence-electron chi connectivity index (χ3n) is 3.18. The van der Waals surface area contributed by atoms with Gasteiger partial charge >= 0.3 is 5.97 Å². The first kappa shape index (κ1) is 15.4. The molecule has 3 rings (SSSR count). The van der Waals surface area contributed by atoms with E-state index in [1.807, 2.05) is 6.07 Å². The van der Waals surface area contributed by atoms with Crippen LogP contribution in [0.1, 0.15) is 11.1 Å². The molecule has 0 saturated heterocycles. The number of hydrogen-bond donors (Lipinski definition) is 0. The molecule has 0 atom stereocenters. The molecule has 23 heavy (non-hydrogen) atoms. The standard InChI is InChI=1S/C17H11BrFNO3/c1-22-15-6-5-12(18)7-11(15)9-14-17(21)23-16(20-14)10-3-2-4-13(19)8-10/h2-9H,1H3. The second-order valence-corrected chi connectivity index (χ2v) is 5.65. The SMILES string of the molecule is COc1ccc(Br)cc1C=C1N=C(c2cccc(F)c2)OC1=O. The van der Waals surface area contributed by atoms with E-state index in [1.165, 1.54) is 18.2 Å². The molecule has 2 aromatic rings. The van der Waals surface area contributed by atoms with E-state index in [-0.39, 0.29) is 11.6 Å². The summed E-state index contributed by atoms with van der Waals surface area (Å²) in [4.78, 5) is 16.1. The maximum Gasteiger partial charge on any atom is 0.363 e. The van der Waals surface area contributed by atoms with Crippen LogP contribution < -0.4 is 4.74 Å². The fourth-order valence-corrected chi connectivity index (χ4v) is 2.50. The Morgan fingerprint density at radius 1 is 1.26 bits per heavy atom. The van der Waals surface area contributed by atoms with Crippen molar-refractivity contribution in [3.8, 4) is 5.75 Å². The largest absolute Gasteiger partial charge is 0.496 e. The molecule has 0 aromatic heterocycles. The molecule has 0 unspecified atom stereocenters. The van der Waals surface area contributed by atoms with Crippen molar-refractivity contribution in [2.24, 2.45) is 4.99 Å². The summed E-state index contributed by atoms with van der Waals surface area (Å²) in [6.07, 6.45) is 1.57. The number of rotatable bonds is 3. The normalized spacial score (nSPS) is 15.5. The van der Waals surface area contributed by atoms with Crippen LogP contribution in [0.15, 0.2) is 57.6 Å². The Bertz CT molecular complexity index is 845. The van der Waals surface area contributed by atoms with Gasteiger partial charge in [0.2, 0.25) is 5.90 Å². The Kier molecular flexibility index (Phi) is 4.25. The van der Waals surface area contributed by atoms with Crippen molar-refractivity contribution in [2.45, 2.75) is 0 Å². The van der Waals surface area contributed by atoms with E-state index < -0.39 is 11.8 Å². The zero-order valence-corrected chi connectivity index (χ0v) is 13.6. The molecule has 1 aliphatic rings. The van der Waals surface area contributed by atoms with Gasteiger partial charge in [-0.05, 0) is 42.5 Å². The van der Waals surface area contributed by atoms with Crippen molar-refractivity contribution in [2.75, 3.05) is 7.11 Å². The number of aliphatic imine (C=N–C) groups is 1. The van der Waals surface area contributed by atoms with Gasteiger partial charge in [-0.3, -0.25) is 0 Å². The van der Waals surface area contributed by atoms with Gasteiger partial charge in [0, 0.05) is 15.6 Å². The van der Waals surface area contributed by atoms with Crippen molar-refractivity contribution < 1.29 is 18.7 Å². The maximum absolute atomic E-state index is 13.3. The number of benzene rings is 2. The molecule has 0 aliphatic carbocycles. The Hall–Kier alpha value is -2.47. The van der Waals surface area contributed by atoms with Gasteiger partial charge < -0.3 is 9.47 Å². The highest BCUT2D eigenvalue weighted by atomic mass is 79.9. The molecular formula is C17H11BrFNO3. The van der Waals surface area contributed by atoms with Crippen LogP contribution >= 0.6 is 15.9 Å². The van der Waals surface area contributed by atoms with Crippen LogP contribution in [-0.2, 0) is 9.53 Å². The second-order valence-electron chi connectivity index (χ2n) is 4.73. The van der Waals surface area contributed by atoms with Gasteiger partial charge in [0.15, 0.2) is 5.70 Å². The molecule has 0 amide bonds. The molecular weight excluding hydrogens is 365 g/mol. The summed E-state index contributed by atoms with van der Waals surface area (Å²) < 4.78 is 24.5. The number of esters is 1. The van der Waals surface area contributed by atoms with Gasteiger partial charge in [-0.25, -0.2) is 14.2 Å². The van der Waals surface area contributed by atoms with E-state index in [0.717, 1.165) is 4.47 Å². The molecule has 6 heteroatoms. The van der Waals surface area contributed by atoms with Crippen molar-refractivity contribution in [1.29, 1.82) is 0 Å². The molecule has 1 heterocycles. The maximum atomic E-state index is 13.3. The van der Waals surface area contributed by atoms with Gasteiger partial charge in [-0.2, -0.15) is 0 Å². The smallest absolute Gasteiger partial charge is 0.363 e. The van der Waals surface area contributed by atoms with E-state index in [0.29, 0.717) is 16.9 Å². The first-order valence-electron chi connectivity index (χ1n) is 6.69. The topological polar surface area (TPSA) is 47.9 Å². The fourth-order valence-electron chi connectivity index (χ4n) is 2.12. The molecule has 0 bridgehead atoms. The van der Waals surface area contributed by atoms with E-state index in [2.05, 4.69) is 20.9 Å². The number of nitrogens with zero attached hydrogens (tertiary/aromatic N) is 1. The number of cyclic esters (lactones) is 1. The monoisotopic (exact) mass is 375 g/mol. The molecule has 0 N–H and O–H groups in total. The highest BCUT2D eigenvalue weighted by molar-refractivity contribution is 9.10. The van der Waals surface area contributed by atoms with Gasteiger partial charge in [0.05, 0.1) is 7.11 Å². The van der Waals surface area contributed by atoms with Crippen LogP contribution in [0.25, 0.3) is 6.08 Å². The molecule has 0 radical (unpaired) electrons. The first-order chi connectivity index (χ1) is 11.1. The zero-order valence-electron chi connectivity index (χ0n) is 12.0. The van der Waals surface area contributed by atoms with Gasteiger partial charge in [0.25, 0.3) is 0 Å². The summed E-state index contributed by atoms with van der Waals surface area (Å²) >= 11 is 3.37. The lowest BCUT2D eigenvalue weighted by molar-refractivity contribution is -0.129. The minimum absolute atomic E-state index is 0.0784. The van der Waals surface area contributed by atoms with Crippen LogP contribution in [0.3, 0.4) is 0 Å². The number of halogens is 2. The highest BCUT2D eigenvalue weighted by Crippen LogP contribution is 2.27. The minimum Gasteiger partial charge on any atom is -0.496 e. The van der Waals surface area contributed by atoms with E-state index in [9.17, 15) is 9.18 Å². The minimum atomic E-state index is -0.591. The van der Waals surface area contributed by atoms with Gasteiger partial charge in [0.1, 0.15) is 11.6 Å². The van der Waals surface area contributed by atoms with E-state index >= 15 is 0 Å². The number of hydrogen-bond acceptors (Lipinski definition) is 4. The molecule has 116 valence electrons. The Labute approximate surface area is 140 Å². The van der Waals surface area contributed by atoms with Crippen molar-refractivity contribution in [1.82, 2.24) is 0 Å². The summed E-state index contributed by atoms with van der Waals surface area (Å²) in [5.41, 5.74) is 1.21. The Morgan fingerprint density at radius 3 is 2.83 bits per heavy atom. The second kappa shape index (κ2) is 6.34. The summed E-state index contributed by atoms with van der Waals surface area (Å²) in [5.74, 6) is -0.337. The van der Waals surface area contributed by atoms with Gasteiger partial charge in [-0.15, -0.1) is 0 Å². The Morgan fingerprint density at radius 2 is 2.09 bits per heavy atom. The van der Waals surface area contributed by atoms with E-state index in [1.54, 1.807) is 31.4 Å². The number of carbonyl (C=O) groups excluding carboxylic acids is 1. The quantitative estimate of drug-likeness (QED) is 0.602. The number of ether oxygens (including phenoxy) is 2. The van der Waals surface area contributed by atoms with Crippen molar-refractivity contribution in [3.05, 3.63) is 69.6 Å². The lowest BCUT2D eigenvalue weighted by atomic mass is 10.1. The molecule has 0 fully saturated rings. The molecule has 4 nitrogen and oxygen atoms in total. The predicted octanol–water partition coefficient (Wildman–Crippen LogP) is 3.94. The number of methoxy groups -OCH3 is 1. The summed E-state index contributed by atoms with van der Waals surface area (Å²) in [7, 11) is 1.54. The molecule has 1 aliphatic heterocycles. The van der Waals surface area contributed by atoms with Crippen LogP contribution in [-0.4, -0.2) is 19.0 Å². The van der Waals surface area contributed by atoms with Crippen LogP contribution in [0.5, 0.6) is 5.75 Å². The average Bonchev–Trinajstić information content (AvgIpc) is 2.89. The molecule has 2 aromatic carbocycles. The lowest BCUT2D eigenvalue weighted by Gasteiger charge is -2.04. The summed E-state index contributed by atoms with van der Waals surface area (Å²) in [6.45, 7) is 0. The van der Waals surface area contributed by atoms with Crippen LogP contribution in [0.4, 0.5) is 4.39 Å². The van der Waals surface area contributed by atoms with Gasteiger partial charge in [-0.1, -0.05) is 22.0 Å². The molecule has 0 spiro atoms. The average molecular weight is 376 g/mol. The lowest BCUT2D eigenvalue weighted by Crippen LogP contribution is -2.05. The van der Waals surface area contributed by atoms with E-state index in [4.69, 9.17) is 9.47 Å². The predicted molar refractivity (Wildman–Crippen MR) is 87.7 cm³/mol. The number of carbonyl (C=O) groups is 1. The van der Waals surface area contributed by atoms with Crippen molar-refractivity contribution in [3.63, 3.8) is 0 Å². The first-order valence-corrected chi connectivity index (χ1v) is 7.48. The Balaban J connectivity index is 2.00. The molecule has 0 saturated carbocycles. The van der Waals surface area contributed by atoms with Crippen LogP contribution in [0.2, 0.25) is 0 Å². The van der Waals surface area contributed by atoms with Crippen molar-refractivity contribution >= 4 is 33.9 Å². The fraction of sp³-hybridized carbons (Fsp3) is 0.0588. The third-order valence-corrected chi connectivity index (χ3v) is 3.67.